The highest BCUT2D eigenvalue weighted by molar-refractivity contribution is 5.25. The normalized spacial score (nSPS) is 12.7. The number of nitrogens with zero attached hydrogens (tertiary/aromatic N) is 2. The summed E-state index contributed by atoms with van der Waals surface area (Å²) >= 11 is 0. The summed E-state index contributed by atoms with van der Waals surface area (Å²) in [5.74, 6) is 0. The van der Waals surface area contributed by atoms with Crippen LogP contribution in [0.4, 0.5) is 0 Å². The molecule has 3 nitrogen and oxygen atoms in total. The summed E-state index contributed by atoms with van der Waals surface area (Å²) in [4.78, 5) is 0. The van der Waals surface area contributed by atoms with Gasteiger partial charge >= 0.3 is 0 Å². The van der Waals surface area contributed by atoms with E-state index in [2.05, 4.69) is 30.8 Å². The molecule has 0 saturated carbocycles. The summed E-state index contributed by atoms with van der Waals surface area (Å²) in [6.45, 7) is 8.01. The van der Waals surface area contributed by atoms with Crippen LogP contribution >= 0.6 is 0 Å². The molecule has 0 amide bonds. The molecule has 3 heteroatoms. The number of aryl methyl sites for hydroxylation is 2. The first-order valence-electron chi connectivity index (χ1n) is 6.37. The van der Waals surface area contributed by atoms with E-state index in [0.29, 0.717) is 6.04 Å². The average molecular weight is 235 g/mol. The molecule has 0 aliphatic rings. The molecule has 0 bridgehead atoms. The first kappa shape index (κ1) is 14.0. The van der Waals surface area contributed by atoms with Crippen molar-refractivity contribution < 1.29 is 0 Å². The second kappa shape index (κ2) is 6.60. The third-order valence-electron chi connectivity index (χ3n) is 3.48. The van der Waals surface area contributed by atoms with Crippen LogP contribution in [0, 0.1) is 13.8 Å². The van der Waals surface area contributed by atoms with Gasteiger partial charge in [-0.15, -0.1) is 6.58 Å². The monoisotopic (exact) mass is 235 g/mol. The minimum Gasteiger partial charge on any atom is -0.317 e. The predicted molar refractivity (Wildman–Crippen MR) is 73.3 cm³/mol. The quantitative estimate of drug-likeness (QED) is 0.581. The van der Waals surface area contributed by atoms with Crippen molar-refractivity contribution in [3.63, 3.8) is 0 Å². The lowest BCUT2D eigenvalue weighted by Gasteiger charge is -2.16. The van der Waals surface area contributed by atoms with Gasteiger partial charge in [-0.1, -0.05) is 6.08 Å². The Morgan fingerprint density at radius 2 is 2.18 bits per heavy atom. The smallest absolute Gasteiger partial charge is 0.0628 e. The van der Waals surface area contributed by atoms with E-state index in [1.807, 2.05) is 24.9 Å². The number of nitrogens with one attached hydrogen (secondary N) is 1. The van der Waals surface area contributed by atoms with Crippen molar-refractivity contribution in [1.82, 2.24) is 15.1 Å². The molecule has 1 atom stereocenters. The van der Waals surface area contributed by atoms with E-state index in [0.717, 1.165) is 18.5 Å². The van der Waals surface area contributed by atoms with Crippen molar-refractivity contribution in [3.8, 4) is 0 Å². The van der Waals surface area contributed by atoms with E-state index >= 15 is 0 Å². The van der Waals surface area contributed by atoms with Crippen LogP contribution in [0.5, 0.6) is 0 Å². The van der Waals surface area contributed by atoms with E-state index in [9.17, 15) is 0 Å². The fraction of sp³-hybridized carbons (Fsp3) is 0.643. The highest BCUT2D eigenvalue weighted by Crippen LogP contribution is 2.16. The van der Waals surface area contributed by atoms with E-state index in [1.54, 1.807) is 0 Å². The molecule has 0 radical (unpaired) electrons. The van der Waals surface area contributed by atoms with E-state index in [-0.39, 0.29) is 0 Å². The van der Waals surface area contributed by atoms with Crippen LogP contribution in [-0.2, 0) is 13.5 Å². The largest absolute Gasteiger partial charge is 0.317 e. The third kappa shape index (κ3) is 3.70. The summed E-state index contributed by atoms with van der Waals surface area (Å²) in [6, 6.07) is 0.538. The van der Waals surface area contributed by atoms with Gasteiger partial charge in [0, 0.05) is 18.8 Å². The summed E-state index contributed by atoms with van der Waals surface area (Å²) in [5, 5.41) is 7.87. The Labute approximate surface area is 105 Å². The summed E-state index contributed by atoms with van der Waals surface area (Å²) in [6.07, 6.45) is 6.55. The first-order chi connectivity index (χ1) is 8.10. The van der Waals surface area contributed by atoms with Crippen molar-refractivity contribution in [2.24, 2.45) is 7.05 Å². The van der Waals surface area contributed by atoms with Gasteiger partial charge in [-0.25, -0.2) is 0 Å². The summed E-state index contributed by atoms with van der Waals surface area (Å²) in [7, 11) is 4.05. The van der Waals surface area contributed by atoms with Gasteiger partial charge in [0.1, 0.15) is 0 Å². The molecule has 1 aromatic heterocycles. The number of rotatable bonds is 7. The molecule has 1 rings (SSSR count). The molecule has 0 aliphatic carbocycles. The zero-order valence-corrected chi connectivity index (χ0v) is 11.6. The number of unbranched alkanes of at least 4 members (excludes halogenated alkanes) is 1. The maximum absolute atomic E-state index is 4.47. The van der Waals surface area contributed by atoms with Gasteiger partial charge in [0.25, 0.3) is 0 Å². The molecule has 0 fully saturated rings. The van der Waals surface area contributed by atoms with Crippen molar-refractivity contribution in [3.05, 3.63) is 29.6 Å². The van der Waals surface area contributed by atoms with Crippen LogP contribution in [-0.4, -0.2) is 22.9 Å². The lowest BCUT2D eigenvalue weighted by Crippen LogP contribution is -2.27. The highest BCUT2D eigenvalue weighted by Gasteiger charge is 2.14. The molecule has 96 valence electrons. The lowest BCUT2D eigenvalue weighted by molar-refractivity contribution is 0.502. The second-order valence-electron chi connectivity index (χ2n) is 4.68. The lowest BCUT2D eigenvalue weighted by atomic mass is 10.00. The Bertz CT molecular complexity index is 366. The number of likely N-dealkylation sites (N-methyl/N-ethyl adjacent to an activating group) is 1. The number of aromatic nitrogens is 2. The molecular weight excluding hydrogens is 210 g/mol. The van der Waals surface area contributed by atoms with E-state index < -0.39 is 0 Å². The van der Waals surface area contributed by atoms with Crippen LogP contribution in [0.3, 0.4) is 0 Å². The van der Waals surface area contributed by atoms with Crippen molar-refractivity contribution in [2.45, 2.75) is 45.6 Å². The van der Waals surface area contributed by atoms with Gasteiger partial charge in [-0.05, 0) is 52.1 Å². The minimum atomic E-state index is 0.538. The van der Waals surface area contributed by atoms with Gasteiger partial charge in [-0.3, -0.25) is 4.68 Å². The summed E-state index contributed by atoms with van der Waals surface area (Å²) in [5.41, 5.74) is 3.84. The maximum Gasteiger partial charge on any atom is 0.0628 e. The Balaban J connectivity index is 2.63. The molecule has 1 aromatic rings. The van der Waals surface area contributed by atoms with E-state index in [4.69, 9.17) is 0 Å². The Hall–Kier alpha value is -1.09. The third-order valence-corrected chi connectivity index (χ3v) is 3.48. The van der Waals surface area contributed by atoms with Gasteiger partial charge < -0.3 is 5.32 Å². The zero-order valence-electron chi connectivity index (χ0n) is 11.6. The minimum absolute atomic E-state index is 0.538. The van der Waals surface area contributed by atoms with Gasteiger partial charge in [-0.2, -0.15) is 5.10 Å². The molecule has 1 unspecified atom stereocenters. The number of allylic oxidation sites excluding steroid dienone is 1. The molecular formula is C14H25N3. The molecule has 0 aliphatic heterocycles. The van der Waals surface area contributed by atoms with Crippen LogP contribution in [0.25, 0.3) is 0 Å². The predicted octanol–water partition coefficient (Wildman–Crippen LogP) is 2.52. The average Bonchev–Trinajstić information content (AvgIpc) is 2.54. The topological polar surface area (TPSA) is 29.9 Å². The van der Waals surface area contributed by atoms with Crippen LogP contribution in [0.1, 0.15) is 36.2 Å². The highest BCUT2D eigenvalue weighted by atomic mass is 15.3. The fourth-order valence-corrected chi connectivity index (χ4v) is 2.22. The van der Waals surface area contributed by atoms with Gasteiger partial charge in [0.15, 0.2) is 0 Å². The molecule has 1 N–H and O–H groups in total. The van der Waals surface area contributed by atoms with Crippen LogP contribution < -0.4 is 5.32 Å². The fourth-order valence-electron chi connectivity index (χ4n) is 2.22. The van der Waals surface area contributed by atoms with Gasteiger partial charge in [0.05, 0.1) is 5.69 Å². The molecule has 0 aromatic carbocycles. The summed E-state index contributed by atoms with van der Waals surface area (Å²) < 4.78 is 1.97. The Morgan fingerprint density at radius 1 is 1.47 bits per heavy atom. The Kier molecular flexibility index (Phi) is 5.42. The van der Waals surface area contributed by atoms with Gasteiger partial charge in [0.2, 0.25) is 0 Å². The Morgan fingerprint density at radius 3 is 2.65 bits per heavy atom. The molecule has 0 spiro atoms. The molecule has 0 saturated heterocycles. The first-order valence-corrected chi connectivity index (χ1v) is 6.37. The van der Waals surface area contributed by atoms with Crippen LogP contribution in [0.15, 0.2) is 12.7 Å². The van der Waals surface area contributed by atoms with Crippen molar-refractivity contribution in [1.29, 1.82) is 0 Å². The zero-order chi connectivity index (χ0) is 12.8. The number of hydrogen-bond donors (Lipinski definition) is 1. The maximum atomic E-state index is 4.47. The SMILES string of the molecule is C=CCCCC(Cc1c(C)nn(C)c1C)NC. The van der Waals surface area contributed by atoms with E-state index in [1.165, 1.54) is 24.1 Å². The van der Waals surface area contributed by atoms with Crippen LogP contribution in [0.2, 0.25) is 0 Å². The molecule has 1 heterocycles. The second-order valence-corrected chi connectivity index (χ2v) is 4.68. The molecule has 17 heavy (non-hydrogen) atoms. The van der Waals surface area contributed by atoms with Crippen molar-refractivity contribution >= 4 is 0 Å². The number of hydrogen-bond acceptors (Lipinski definition) is 2. The standard InChI is InChI=1S/C14H25N3/c1-6-7-8-9-13(15-4)10-14-11(2)16-17(5)12(14)3/h6,13,15H,1,7-10H2,2-5H3. The van der Waals surface area contributed by atoms with Crippen molar-refractivity contribution in [2.75, 3.05) is 7.05 Å².